The highest BCUT2D eigenvalue weighted by Gasteiger charge is 2.46. The zero-order chi connectivity index (χ0) is 19.2. The number of nitriles is 2. The van der Waals surface area contributed by atoms with Gasteiger partial charge in [-0.05, 0) is 11.4 Å². The maximum atomic E-state index is 10.8. The Morgan fingerprint density at radius 3 is 1.88 bits per heavy atom. The largest absolute Gasteiger partial charge is 0.314 e. The Morgan fingerprint density at radius 1 is 1.12 bits per heavy atom. The summed E-state index contributed by atoms with van der Waals surface area (Å²) in [7, 11) is 0. The van der Waals surface area contributed by atoms with E-state index >= 15 is 0 Å². The number of nitrogens with one attached hydrogen (secondary N) is 1. The molecule has 9 nitrogen and oxygen atoms in total. The van der Waals surface area contributed by atoms with Gasteiger partial charge in [0.2, 0.25) is 0 Å². The Hall–Kier alpha value is -1.98. The van der Waals surface area contributed by atoms with Crippen molar-refractivity contribution in [3.63, 3.8) is 0 Å². The first-order valence-electron chi connectivity index (χ1n) is 6.86. The van der Waals surface area contributed by atoms with Gasteiger partial charge in [0, 0.05) is 39.6 Å². The minimum Gasteiger partial charge on any atom is -0.314 e. The molecular formula is C13H15Cl2N5O4S. The molecule has 0 amide bonds. The standard InChI is InChI=1S/C9H6N4O4S.C4H9Cl2N/c10-4-6(12(14)15)9(7(5-11)13(16)17)8-2-1-3-18-8;5-1-3-7-4-2-6/h1-3,6-7,9H;7H,1-4H2. The van der Waals surface area contributed by atoms with Crippen LogP contribution < -0.4 is 5.32 Å². The van der Waals surface area contributed by atoms with Crippen molar-refractivity contribution in [1.29, 1.82) is 10.5 Å². The maximum absolute atomic E-state index is 10.8. The molecule has 0 spiro atoms. The van der Waals surface area contributed by atoms with Crippen molar-refractivity contribution in [1.82, 2.24) is 5.32 Å². The number of alkyl halides is 2. The van der Waals surface area contributed by atoms with Gasteiger partial charge < -0.3 is 5.32 Å². The van der Waals surface area contributed by atoms with E-state index in [0.717, 1.165) is 24.4 Å². The van der Waals surface area contributed by atoms with Gasteiger partial charge in [0.25, 0.3) is 0 Å². The molecule has 1 aromatic heterocycles. The molecule has 0 saturated carbocycles. The molecule has 12 heteroatoms. The third kappa shape index (κ3) is 8.09. The lowest BCUT2D eigenvalue weighted by Gasteiger charge is -2.14. The van der Waals surface area contributed by atoms with Crippen LogP contribution in [-0.2, 0) is 0 Å². The zero-order valence-electron chi connectivity index (χ0n) is 12.9. The number of nitrogens with zero attached hydrogens (tertiary/aromatic N) is 4. The van der Waals surface area contributed by atoms with Gasteiger partial charge in [-0.2, -0.15) is 10.5 Å². The zero-order valence-corrected chi connectivity index (χ0v) is 15.2. The average molecular weight is 408 g/mol. The van der Waals surface area contributed by atoms with Gasteiger partial charge in [-0.15, -0.1) is 34.5 Å². The van der Waals surface area contributed by atoms with Crippen LogP contribution in [-0.4, -0.2) is 46.8 Å². The maximum Gasteiger partial charge on any atom is 0.312 e. The van der Waals surface area contributed by atoms with E-state index < -0.39 is 27.8 Å². The highest BCUT2D eigenvalue weighted by Crippen LogP contribution is 2.30. The molecule has 1 N–H and O–H groups in total. The fraction of sp³-hybridized carbons (Fsp3) is 0.538. The van der Waals surface area contributed by atoms with Crippen molar-refractivity contribution < 1.29 is 9.85 Å². The van der Waals surface area contributed by atoms with Crippen LogP contribution in [0, 0.1) is 42.9 Å². The van der Waals surface area contributed by atoms with Crippen molar-refractivity contribution in [3.05, 3.63) is 42.6 Å². The van der Waals surface area contributed by atoms with Crippen LogP contribution >= 0.6 is 34.5 Å². The minimum absolute atomic E-state index is 0.279. The summed E-state index contributed by atoms with van der Waals surface area (Å²) in [6.45, 7) is 1.71. The second-order valence-corrected chi connectivity index (χ2v) is 6.12. The Bertz CT molecular complexity index is 581. The smallest absolute Gasteiger partial charge is 0.312 e. The molecule has 0 aromatic carbocycles. The predicted octanol–water partition coefficient (Wildman–Crippen LogP) is 2.22. The van der Waals surface area contributed by atoms with E-state index in [2.05, 4.69) is 5.32 Å². The van der Waals surface area contributed by atoms with Gasteiger partial charge in [0.15, 0.2) is 5.92 Å². The Morgan fingerprint density at radius 2 is 1.60 bits per heavy atom. The van der Waals surface area contributed by atoms with Crippen molar-refractivity contribution in [2.75, 3.05) is 24.8 Å². The van der Waals surface area contributed by atoms with E-state index in [-0.39, 0.29) is 4.88 Å². The van der Waals surface area contributed by atoms with Gasteiger partial charge in [0.05, 0.1) is 0 Å². The van der Waals surface area contributed by atoms with Crippen LogP contribution in [0.4, 0.5) is 0 Å². The first-order chi connectivity index (χ1) is 11.9. The van der Waals surface area contributed by atoms with Crippen LogP contribution in [0.25, 0.3) is 0 Å². The first-order valence-corrected chi connectivity index (χ1v) is 8.81. The molecule has 2 unspecified atom stereocenters. The first kappa shape index (κ1) is 23.0. The summed E-state index contributed by atoms with van der Waals surface area (Å²) in [6.07, 6.45) is 0. The third-order valence-corrected chi connectivity index (χ3v) is 4.16. The monoisotopic (exact) mass is 407 g/mol. The number of hydrogen-bond donors (Lipinski definition) is 1. The molecule has 1 aromatic rings. The molecule has 1 rings (SSSR count). The highest BCUT2D eigenvalue weighted by atomic mass is 35.5. The van der Waals surface area contributed by atoms with E-state index in [1.165, 1.54) is 18.2 Å². The number of thiophene rings is 1. The van der Waals surface area contributed by atoms with Crippen LogP contribution in [0.5, 0.6) is 0 Å². The lowest BCUT2D eigenvalue weighted by atomic mass is 9.92. The number of rotatable bonds is 9. The summed E-state index contributed by atoms with van der Waals surface area (Å²) < 4.78 is 0. The second-order valence-electron chi connectivity index (χ2n) is 4.39. The average Bonchev–Trinajstić information content (AvgIpc) is 3.09. The SMILES string of the molecule is ClCCNCCCl.N#CC(C(c1cccs1)C(C#N)[N+](=O)[O-])[N+](=O)[O-]. The quantitative estimate of drug-likeness (QED) is 0.285. The van der Waals surface area contributed by atoms with Crippen LogP contribution in [0.15, 0.2) is 17.5 Å². The summed E-state index contributed by atoms with van der Waals surface area (Å²) >= 11 is 11.7. The lowest BCUT2D eigenvalue weighted by Crippen LogP contribution is -2.37. The molecule has 25 heavy (non-hydrogen) atoms. The van der Waals surface area contributed by atoms with E-state index in [1.807, 2.05) is 0 Å². The van der Waals surface area contributed by atoms with Crippen molar-refractivity contribution in [2.45, 2.75) is 18.0 Å². The van der Waals surface area contributed by atoms with Crippen LogP contribution in [0.2, 0.25) is 0 Å². The fourth-order valence-electron chi connectivity index (χ4n) is 1.74. The summed E-state index contributed by atoms with van der Waals surface area (Å²) in [5, 5.41) is 43.7. The lowest BCUT2D eigenvalue weighted by molar-refractivity contribution is -0.548. The fourth-order valence-corrected chi connectivity index (χ4v) is 2.89. The topological polar surface area (TPSA) is 146 Å². The van der Waals surface area contributed by atoms with Crippen molar-refractivity contribution in [3.8, 4) is 12.1 Å². The molecule has 136 valence electrons. The van der Waals surface area contributed by atoms with Crippen molar-refractivity contribution in [2.24, 2.45) is 0 Å². The second kappa shape index (κ2) is 13.3. The predicted molar refractivity (Wildman–Crippen MR) is 94.2 cm³/mol. The molecular weight excluding hydrogens is 393 g/mol. The Kier molecular flexibility index (Phi) is 12.3. The number of nitro groups is 2. The summed E-state index contributed by atoms with van der Waals surface area (Å²) in [5.74, 6) is -0.0432. The molecule has 1 heterocycles. The van der Waals surface area contributed by atoms with Gasteiger partial charge in [-0.3, -0.25) is 20.2 Å². The minimum atomic E-state index is -1.82. The van der Waals surface area contributed by atoms with Gasteiger partial charge in [0.1, 0.15) is 12.1 Å². The molecule has 0 bridgehead atoms. The van der Waals surface area contributed by atoms with E-state index in [0.29, 0.717) is 11.8 Å². The third-order valence-electron chi connectivity index (χ3n) is 2.81. The highest BCUT2D eigenvalue weighted by molar-refractivity contribution is 7.10. The Balaban J connectivity index is 0.000000697. The molecule has 0 fully saturated rings. The molecule has 2 atom stereocenters. The number of hydrogen-bond acceptors (Lipinski definition) is 8. The number of halogens is 2. The Labute approximate surface area is 158 Å². The normalized spacial score (nSPS) is 13.3. The molecule has 0 aliphatic carbocycles. The van der Waals surface area contributed by atoms with E-state index in [9.17, 15) is 20.2 Å². The summed E-state index contributed by atoms with van der Waals surface area (Å²) in [6, 6.07) is 2.17. The molecule has 0 aliphatic rings. The van der Waals surface area contributed by atoms with Crippen LogP contribution in [0.1, 0.15) is 10.8 Å². The van der Waals surface area contributed by atoms with Crippen LogP contribution in [0.3, 0.4) is 0 Å². The van der Waals surface area contributed by atoms with Gasteiger partial charge in [-0.25, -0.2) is 0 Å². The van der Waals surface area contributed by atoms with Crippen molar-refractivity contribution >= 4 is 34.5 Å². The molecule has 0 aliphatic heterocycles. The van der Waals surface area contributed by atoms with E-state index in [1.54, 1.807) is 11.4 Å². The summed E-state index contributed by atoms with van der Waals surface area (Å²) in [4.78, 5) is 20.0. The van der Waals surface area contributed by atoms with Gasteiger partial charge >= 0.3 is 12.1 Å². The molecule has 0 radical (unpaired) electrons. The summed E-state index contributed by atoms with van der Waals surface area (Å²) in [5.41, 5.74) is 0. The van der Waals surface area contributed by atoms with E-state index in [4.69, 9.17) is 33.7 Å². The van der Waals surface area contributed by atoms with Gasteiger partial charge in [-0.1, -0.05) is 6.07 Å². The molecule has 0 saturated heterocycles.